The van der Waals surface area contributed by atoms with E-state index in [2.05, 4.69) is 20.1 Å². The average Bonchev–Trinajstić information content (AvgIpc) is 3.31. The van der Waals surface area contributed by atoms with Crippen LogP contribution in [-0.4, -0.2) is 67.7 Å². The molecule has 34 heavy (non-hydrogen) atoms. The van der Waals surface area contributed by atoms with Gasteiger partial charge in [-0.3, -0.25) is 0 Å². The Hall–Kier alpha value is -2.30. The summed E-state index contributed by atoms with van der Waals surface area (Å²) >= 11 is 13.0. The molecule has 13 heteroatoms. The van der Waals surface area contributed by atoms with E-state index in [-0.39, 0.29) is 10.8 Å². The number of halogens is 3. The smallest absolute Gasteiger partial charge is 0.283 e. The van der Waals surface area contributed by atoms with Crippen LogP contribution in [0.1, 0.15) is 6.04 Å². The first-order valence-corrected chi connectivity index (χ1v) is 11.5. The summed E-state index contributed by atoms with van der Waals surface area (Å²) in [7, 11) is 1.44. The average molecular weight is 526 g/mol. The molecular formula is C21H18Cl2FN5O4S. The number of hydrogen-bond acceptors (Lipinski definition) is 8. The highest BCUT2D eigenvalue weighted by atomic mass is 35.5. The molecular weight excluding hydrogens is 508 g/mol. The van der Waals surface area contributed by atoms with Gasteiger partial charge in [-0.25, -0.2) is 9.07 Å². The van der Waals surface area contributed by atoms with Gasteiger partial charge in [0.25, 0.3) is 5.82 Å². The number of aliphatic hydroxyl groups is 2. The molecule has 2 unspecified atom stereocenters. The lowest BCUT2D eigenvalue weighted by Gasteiger charge is -2.43. The number of aliphatic hydroxyl groups excluding tert-OH is 2. The van der Waals surface area contributed by atoms with Gasteiger partial charge < -0.3 is 24.5 Å². The molecule has 1 aliphatic rings. The first-order valence-electron chi connectivity index (χ1n) is 9.90. The molecule has 4 rings (SSSR count). The highest BCUT2D eigenvalue weighted by molar-refractivity contribution is 8.00. The molecule has 1 saturated heterocycles. The molecule has 2 aromatic heterocycles. The Morgan fingerprint density at radius 3 is 2.82 bits per heavy atom. The van der Waals surface area contributed by atoms with E-state index >= 15 is 0 Å². The van der Waals surface area contributed by atoms with E-state index in [4.69, 9.17) is 39.2 Å². The van der Waals surface area contributed by atoms with Gasteiger partial charge in [0.2, 0.25) is 0 Å². The third-order valence-corrected chi connectivity index (χ3v) is 6.96. The molecule has 5 atom stereocenters. The van der Waals surface area contributed by atoms with E-state index < -0.39 is 42.2 Å². The summed E-state index contributed by atoms with van der Waals surface area (Å²) in [5.74, 6) is -0.471. The van der Waals surface area contributed by atoms with Crippen molar-refractivity contribution in [3.63, 3.8) is 0 Å². The van der Waals surface area contributed by atoms with E-state index in [0.717, 1.165) is 11.8 Å². The van der Waals surface area contributed by atoms with E-state index in [9.17, 15) is 14.6 Å². The first-order chi connectivity index (χ1) is 16.4. The standard InChI is InChI=1S/C21H18Cl2FN5O4S/c1-25-20-16(6-11(22)7-26-20)34-21-19(32-2)17(18(31)15(9-30)33-21)29-8-14(27-28-29)10-3-4-12(23)13(24)5-10/h3-8,15,17-19,21,30-31H,9H2,2H3/t15?,17-,18-,19?,21+/m0/s1. The molecule has 1 fully saturated rings. The molecule has 178 valence electrons. The fourth-order valence-corrected chi connectivity index (χ4v) is 5.22. The van der Waals surface area contributed by atoms with Gasteiger partial charge in [0.1, 0.15) is 47.5 Å². The Labute approximate surface area is 208 Å². The molecule has 0 amide bonds. The van der Waals surface area contributed by atoms with Crippen molar-refractivity contribution in [2.45, 2.75) is 34.7 Å². The van der Waals surface area contributed by atoms with Crippen molar-refractivity contribution in [3.05, 3.63) is 63.9 Å². The number of benzene rings is 1. The number of methoxy groups -OCH3 is 1. The van der Waals surface area contributed by atoms with Crippen LogP contribution < -0.4 is 0 Å². The summed E-state index contributed by atoms with van der Waals surface area (Å²) in [4.78, 5) is 7.89. The molecule has 3 heterocycles. The minimum Gasteiger partial charge on any atom is -0.394 e. The molecule has 3 aromatic rings. The summed E-state index contributed by atoms with van der Waals surface area (Å²) in [6, 6.07) is 5.00. The number of hydrogen-bond donors (Lipinski definition) is 2. The number of aromatic nitrogens is 4. The fraction of sp³-hybridized carbons (Fsp3) is 0.333. The second kappa shape index (κ2) is 10.5. The highest BCUT2D eigenvalue weighted by Gasteiger charge is 2.47. The monoisotopic (exact) mass is 525 g/mol. The lowest BCUT2D eigenvalue weighted by Crippen LogP contribution is -2.55. The van der Waals surface area contributed by atoms with Gasteiger partial charge in [0, 0.05) is 17.6 Å². The van der Waals surface area contributed by atoms with Crippen LogP contribution in [0.5, 0.6) is 0 Å². The zero-order valence-corrected chi connectivity index (χ0v) is 19.9. The molecule has 0 radical (unpaired) electrons. The molecule has 1 aromatic carbocycles. The van der Waals surface area contributed by atoms with Crippen LogP contribution in [0.2, 0.25) is 10.0 Å². The van der Waals surface area contributed by atoms with Gasteiger partial charge in [0.15, 0.2) is 0 Å². The SMILES string of the molecule is [C-]#[N+]c1ncc(Cl)cc1S[C@H]1OC(CO)[C@H](O)[C@H](n2cc(-c3ccc(Cl)c(F)c3)nn2)C1OC. The van der Waals surface area contributed by atoms with Crippen LogP contribution in [0.25, 0.3) is 16.1 Å². The quantitative estimate of drug-likeness (QED) is 0.468. The van der Waals surface area contributed by atoms with Crippen molar-refractivity contribution in [1.29, 1.82) is 0 Å². The van der Waals surface area contributed by atoms with Gasteiger partial charge in [-0.2, -0.15) is 0 Å². The maximum atomic E-state index is 13.9. The summed E-state index contributed by atoms with van der Waals surface area (Å²) in [6.45, 7) is 6.89. The summed E-state index contributed by atoms with van der Waals surface area (Å²) < 4.78 is 26.9. The van der Waals surface area contributed by atoms with Crippen molar-refractivity contribution < 1.29 is 24.1 Å². The van der Waals surface area contributed by atoms with Crippen LogP contribution >= 0.6 is 35.0 Å². The first kappa shape index (κ1) is 24.8. The summed E-state index contributed by atoms with van der Waals surface area (Å²) in [5.41, 5.74) is 0.0279. The van der Waals surface area contributed by atoms with Gasteiger partial charge >= 0.3 is 0 Å². The predicted molar refractivity (Wildman–Crippen MR) is 123 cm³/mol. The number of pyridine rings is 1. The van der Waals surface area contributed by atoms with E-state index in [0.29, 0.717) is 21.2 Å². The molecule has 0 aliphatic carbocycles. The highest BCUT2D eigenvalue weighted by Crippen LogP contribution is 2.42. The van der Waals surface area contributed by atoms with Gasteiger partial charge in [0.05, 0.1) is 22.8 Å². The molecule has 9 nitrogen and oxygen atoms in total. The van der Waals surface area contributed by atoms with Crippen LogP contribution in [0.3, 0.4) is 0 Å². The second-order valence-electron chi connectivity index (χ2n) is 7.32. The molecule has 1 aliphatic heterocycles. The maximum Gasteiger partial charge on any atom is 0.283 e. The van der Waals surface area contributed by atoms with Gasteiger partial charge in [-0.15, -0.1) is 21.8 Å². The topological polar surface area (TPSA) is 107 Å². The molecule has 0 bridgehead atoms. The molecule has 0 spiro atoms. The normalized spacial score (nSPS) is 24.7. The zero-order chi connectivity index (χ0) is 24.4. The summed E-state index contributed by atoms with van der Waals surface area (Å²) in [6.07, 6.45) is -0.0555. The Kier molecular flexibility index (Phi) is 7.69. The van der Waals surface area contributed by atoms with Crippen LogP contribution in [0.15, 0.2) is 41.6 Å². The van der Waals surface area contributed by atoms with Crippen LogP contribution in [0.4, 0.5) is 10.2 Å². The Morgan fingerprint density at radius 2 is 2.15 bits per heavy atom. The van der Waals surface area contributed by atoms with Crippen molar-refractivity contribution in [1.82, 2.24) is 20.0 Å². The van der Waals surface area contributed by atoms with Crippen molar-refractivity contribution in [2.75, 3.05) is 13.7 Å². The lowest BCUT2D eigenvalue weighted by molar-refractivity contribution is -0.186. The zero-order valence-electron chi connectivity index (χ0n) is 17.5. The summed E-state index contributed by atoms with van der Waals surface area (Å²) in [5, 5.41) is 29.3. The number of ether oxygens (including phenoxy) is 2. The van der Waals surface area contributed by atoms with Gasteiger partial charge in [-0.1, -0.05) is 41.1 Å². The van der Waals surface area contributed by atoms with Crippen molar-refractivity contribution in [3.8, 4) is 11.3 Å². The minimum atomic E-state index is -1.21. The number of nitrogens with zero attached hydrogens (tertiary/aromatic N) is 5. The van der Waals surface area contributed by atoms with E-state index in [1.807, 2.05) is 0 Å². The second-order valence-corrected chi connectivity index (χ2v) is 9.31. The van der Waals surface area contributed by atoms with Crippen molar-refractivity contribution >= 4 is 40.8 Å². The van der Waals surface area contributed by atoms with E-state index in [1.54, 1.807) is 12.1 Å². The van der Waals surface area contributed by atoms with E-state index in [1.165, 1.54) is 36.3 Å². The molecule has 0 saturated carbocycles. The maximum absolute atomic E-state index is 13.9. The number of thioether (sulfide) groups is 1. The lowest BCUT2D eigenvalue weighted by atomic mass is 9.97. The minimum absolute atomic E-state index is 0.0182. The van der Waals surface area contributed by atoms with Crippen LogP contribution in [-0.2, 0) is 9.47 Å². The van der Waals surface area contributed by atoms with Crippen LogP contribution in [0, 0.1) is 12.4 Å². The molecule has 2 N–H and O–H groups in total. The third-order valence-electron chi connectivity index (χ3n) is 5.28. The largest absolute Gasteiger partial charge is 0.394 e. The third kappa shape index (κ3) is 4.89. The fourth-order valence-electron chi connectivity index (χ4n) is 3.63. The predicted octanol–water partition coefficient (Wildman–Crippen LogP) is 3.76. The van der Waals surface area contributed by atoms with Crippen molar-refractivity contribution in [2.24, 2.45) is 0 Å². The Balaban J connectivity index is 1.68. The Morgan fingerprint density at radius 1 is 1.35 bits per heavy atom. The Bertz CT molecular complexity index is 1230. The van der Waals surface area contributed by atoms with Gasteiger partial charge in [-0.05, 0) is 18.2 Å². The number of rotatable bonds is 6.